The fraction of sp³-hybridized carbons (Fsp3) is 0.227. The summed E-state index contributed by atoms with van der Waals surface area (Å²) in [6, 6.07) is 16.0. The van der Waals surface area contributed by atoms with Crippen LogP contribution in [-0.2, 0) is 4.79 Å². The van der Waals surface area contributed by atoms with Crippen molar-refractivity contribution < 1.29 is 9.53 Å². The Kier molecular flexibility index (Phi) is 4.52. The lowest BCUT2D eigenvalue weighted by Gasteiger charge is -2.23. The normalized spacial score (nSPS) is 15.9. The standard InChI is InChI=1S/C22H20N4O2S/c1-2-11-28-15-9-7-14(8-10-15)16-12-20(27)25-21-17(16)13-23-26(21)22-24-18-5-3-4-6-19(18)29-22/h3-10,13,16H,2,11-12H2,1H3,(H,25,27)/t16-/m1/s1. The Bertz CT molecular complexity index is 1150. The number of amides is 1. The number of nitrogens with zero attached hydrogens (tertiary/aromatic N) is 3. The third-order valence-corrected chi connectivity index (χ3v) is 6.05. The highest BCUT2D eigenvalue weighted by Crippen LogP contribution is 2.39. The highest BCUT2D eigenvalue weighted by Gasteiger charge is 2.31. The molecule has 0 fully saturated rings. The van der Waals surface area contributed by atoms with Gasteiger partial charge in [-0.3, -0.25) is 4.79 Å². The number of hydrogen-bond acceptors (Lipinski definition) is 5. The maximum Gasteiger partial charge on any atom is 0.226 e. The highest BCUT2D eigenvalue weighted by atomic mass is 32.1. The minimum Gasteiger partial charge on any atom is -0.494 e. The Hall–Kier alpha value is -3.19. The first-order valence-electron chi connectivity index (χ1n) is 9.69. The largest absolute Gasteiger partial charge is 0.494 e. The number of nitrogens with one attached hydrogen (secondary N) is 1. The molecule has 1 aliphatic heterocycles. The summed E-state index contributed by atoms with van der Waals surface area (Å²) in [5.74, 6) is 1.50. The molecule has 0 bridgehead atoms. The summed E-state index contributed by atoms with van der Waals surface area (Å²) < 4.78 is 8.51. The van der Waals surface area contributed by atoms with Crippen molar-refractivity contribution >= 4 is 33.3 Å². The molecule has 5 rings (SSSR count). The van der Waals surface area contributed by atoms with E-state index in [4.69, 9.17) is 4.74 Å². The number of aromatic nitrogens is 3. The Morgan fingerprint density at radius 1 is 1.21 bits per heavy atom. The fourth-order valence-corrected chi connectivity index (χ4v) is 4.56. The number of fused-ring (bicyclic) bond motifs is 2. The van der Waals surface area contributed by atoms with Crippen molar-refractivity contribution in [3.63, 3.8) is 0 Å². The number of carbonyl (C=O) groups is 1. The number of thiazole rings is 1. The molecule has 2 aromatic heterocycles. The van der Waals surface area contributed by atoms with E-state index in [0.717, 1.165) is 38.6 Å². The minimum absolute atomic E-state index is 0.0170. The third-order valence-electron chi connectivity index (χ3n) is 5.04. The van der Waals surface area contributed by atoms with Crippen LogP contribution in [0.4, 0.5) is 5.82 Å². The topological polar surface area (TPSA) is 69.0 Å². The van der Waals surface area contributed by atoms with Crippen molar-refractivity contribution in [2.45, 2.75) is 25.7 Å². The Balaban J connectivity index is 1.51. The van der Waals surface area contributed by atoms with E-state index in [2.05, 4.69) is 22.3 Å². The monoisotopic (exact) mass is 404 g/mol. The van der Waals surface area contributed by atoms with Gasteiger partial charge in [0.05, 0.1) is 23.0 Å². The molecule has 3 heterocycles. The van der Waals surface area contributed by atoms with Crippen LogP contribution in [-0.4, -0.2) is 27.3 Å². The van der Waals surface area contributed by atoms with Crippen LogP contribution in [0, 0.1) is 0 Å². The summed E-state index contributed by atoms with van der Waals surface area (Å²) in [7, 11) is 0. The van der Waals surface area contributed by atoms with Crippen LogP contribution in [0.1, 0.15) is 36.8 Å². The van der Waals surface area contributed by atoms with E-state index < -0.39 is 0 Å². The molecular weight excluding hydrogens is 384 g/mol. The quantitative estimate of drug-likeness (QED) is 0.521. The second kappa shape index (κ2) is 7.33. The predicted octanol–water partition coefficient (Wildman–Crippen LogP) is 4.74. The lowest BCUT2D eigenvalue weighted by atomic mass is 9.87. The zero-order valence-corrected chi connectivity index (χ0v) is 16.8. The molecule has 0 unspecified atom stereocenters. The second-order valence-corrected chi connectivity index (χ2v) is 8.06. The van der Waals surface area contributed by atoms with Crippen molar-refractivity contribution in [2.75, 3.05) is 11.9 Å². The van der Waals surface area contributed by atoms with Crippen LogP contribution >= 0.6 is 11.3 Å². The van der Waals surface area contributed by atoms with Crippen molar-refractivity contribution in [1.82, 2.24) is 14.8 Å². The molecule has 0 radical (unpaired) electrons. The molecule has 1 aliphatic rings. The molecule has 0 saturated carbocycles. The van der Waals surface area contributed by atoms with Crippen molar-refractivity contribution in [2.24, 2.45) is 0 Å². The molecule has 4 aromatic rings. The van der Waals surface area contributed by atoms with Crippen molar-refractivity contribution in [3.8, 4) is 10.9 Å². The van der Waals surface area contributed by atoms with E-state index in [0.29, 0.717) is 18.8 Å². The highest BCUT2D eigenvalue weighted by molar-refractivity contribution is 7.20. The van der Waals surface area contributed by atoms with E-state index in [-0.39, 0.29) is 11.8 Å². The Labute approximate surface area is 172 Å². The summed E-state index contributed by atoms with van der Waals surface area (Å²) in [6.07, 6.45) is 3.21. The minimum atomic E-state index is -0.0397. The van der Waals surface area contributed by atoms with Gasteiger partial charge in [-0.1, -0.05) is 42.5 Å². The predicted molar refractivity (Wildman–Crippen MR) is 114 cm³/mol. The van der Waals surface area contributed by atoms with Gasteiger partial charge in [0, 0.05) is 17.9 Å². The molecule has 0 spiro atoms. The van der Waals surface area contributed by atoms with Crippen molar-refractivity contribution in [3.05, 3.63) is 65.9 Å². The van der Waals surface area contributed by atoms with Gasteiger partial charge in [0.1, 0.15) is 11.6 Å². The van der Waals surface area contributed by atoms with Gasteiger partial charge in [0.2, 0.25) is 11.0 Å². The molecule has 1 atom stereocenters. The summed E-state index contributed by atoms with van der Waals surface area (Å²) in [6.45, 7) is 2.78. The summed E-state index contributed by atoms with van der Waals surface area (Å²) >= 11 is 1.56. The molecule has 6 nitrogen and oxygen atoms in total. The van der Waals surface area contributed by atoms with Crippen LogP contribution in [0.5, 0.6) is 5.75 Å². The zero-order chi connectivity index (χ0) is 19.8. The van der Waals surface area contributed by atoms with Crippen LogP contribution in [0.15, 0.2) is 54.7 Å². The number of rotatable bonds is 5. The van der Waals surface area contributed by atoms with Crippen LogP contribution in [0.3, 0.4) is 0 Å². The summed E-state index contributed by atoms with van der Waals surface area (Å²) in [5, 5.41) is 8.30. The lowest BCUT2D eigenvalue weighted by Crippen LogP contribution is -2.24. The number of ether oxygens (including phenoxy) is 1. The van der Waals surface area contributed by atoms with E-state index >= 15 is 0 Å². The molecule has 1 amide bonds. The fourth-order valence-electron chi connectivity index (χ4n) is 3.63. The maximum atomic E-state index is 12.5. The zero-order valence-electron chi connectivity index (χ0n) is 16.0. The van der Waals surface area contributed by atoms with Gasteiger partial charge in [0.15, 0.2) is 0 Å². The first kappa shape index (κ1) is 17.9. The van der Waals surface area contributed by atoms with Crippen LogP contribution in [0.25, 0.3) is 15.3 Å². The van der Waals surface area contributed by atoms with Crippen LogP contribution in [0.2, 0.25) is 0 Å². The second-order valence-electron chi connectivity index (χ2n) is 7.05. The number of hydrogen-bond donors (Lipinski definition) is 1. The van der Waals surface area contributed by atoms with E-state index in [1.165, 1.54) is 0 Å². The molecule has 0 aliphatic carbocycles. The third kappa shape index (κ3) is 3.27. The average Bonchev–Trinajstić information content (AvgIpc) is 3.35. The SMILES string of the molecule is CCCOc1ccc([C@H]2CC(=O)Nc3c2cnn3-c2nc3ccccc3s2)cc1. The Morgan fingerprint density at radius 3 is 2.83 bits per heavy atom. The summed E-state index contributed by atoms with van der Waals surface area (Å²) in [4.78, 5) is 17.2. The summed E-state index contributed by atoms with van der Waals surface area (Å²) in [5.41, 5.74) is 3.01. The van der Waals surface area contributed by atoms with Gasteiger partial charge >= 0.3 is 0 Å². The van der Waals surface area contributed by atoms with E-state index in [9.17, 15) is 4.79 Å². The average molecular weight is 404 g/mol. The molecule has 29 heavy (non-hydrogen) atoms. The number of para-hydroxylation sites is 1. The molecule has 2 aromatic carbocycles. The van der Waals surface area contributed by atoms with Gasteiger partial charge in [-0.15, -0.1) is 0 Å². The van der Waals surface area contributed by atoms with Gasteiger partial charge in [-0.25, -0.2) is 4.98 Å². The molecule has 0 saturated heterocycles. The number of carbonyl (C=O) groups excluding carboxylic acids is 1. The van der Waals surface area contributed by atoms with Gasteiger partial charge in [-0.05, 0) is 36.2 Å². The maximum absolute atomic E-state index is 12.5. The van der Waals surface area contributed by atoms with Gasteiger partial charge < -0.3 is 10.1 Å². The number of benzene rings is 2. The molecule has 1 N–H and O–H groups in total. The molecule has 7 heteroatoms. The molecule has 146 valence electrons. The Morgan fingerprint density at radius 2 is 2.03 bits per heavy atom. The van der Waals surface area contributed by atoms with Gasteiger partial charge in [-0.2, -0.15) is 9.78 Å². The van der Waals surface area contributed by atoms with Gasteiger partial charge in [0.25, 0.3) is 0 Å². The smallest absolute Gasteiger partial charge is 0.226 e. The first-order valence-corrected chi connectivity index (χ1v) is 10.5. The first-order chi connectivity index (χ1) is 14.2. The van der Waals surface area contributed by atoms with Crippen molar-refractivity contribution in [1.29, 1.82) is 0 Å². The van der Waals surface area contributed by atoms with E-state index in [1.807, 2.05) is 54.7 Å². The lowest BCUT2D eigenvalue weighted by molar-refractivity contribution is -0.116. The number of anilines is 1. The molecular formula is C22H20N4O2S. The van der Waals surface area contributed by atoms with Crippen LogP contribution < -0.4 is 10.1 Å². The van der Waals surface area contributed by atoms with E-state index in [1.54, 1.807) is 16.0 Å².